The number of benzene rings is 1. The molecule has 3 unspecified atom stereocenters. The van der Waals surface area contributed by atoms with E-state index in [1.54, 1.807) is 18.2 Å². The van der Waals surface area contributed by atoms with E-state index >= 15 is 0 Å². The number of aliphatic hydroxyl groups is 1. The number of carbonyl (C=O) groups is 3. The molecule has 3 heterocycles. The number of hydrogen-bond acceptors (Lipinski definition) is 5. The van der Waals surface area contributed by atoms with Crippen LogP contribution in [0.1, 0.15) is 32.3 Å². The minimum Gasteiger partial charge on any atom is -0.481 e. The topological polar surface area (TPSA) is 107 Å². The Morgan fingerprint density at radius 1 is 1.42 bits per heavy atom. The summed E-state index contributed by atoms with van der Waals surface area (Å²) in [5, 5.41) is 20.8. The standard InChI is InChI=1S/C26H32BrClN2O6/c1-5-9-29(20-14(4)7-6-8-17(20)28)24(33)22-26-11-16(27)21(36-26)18(25(34)35)19(26)23(32)30(22)15(12-31)10-13(2)3/h5-8,13,15-16,18-19,21-22,31H,1,9-12H2,2-4H3,(H,34,35)/t15-,16?,18+,19+,21+,22?,26?/m1/s1. The molecule has 3 fully saturated rings. The minimum absolute atomic E-state index is 0.121. The molecule has 36 heavy (non-hydrogen) atoms. The Hall–Kier alpha value is -1.94. The molecule has 2 N–H and O–H groups in total. The summed E-state index contributed by atoms with van der Waals surface area (Å²) in [6, 6.07) is 3.52. The molecule has 8 nitrogen and oxygen atoms in total. The lowest BCUT2D eigenvalue weighted by Gasteiger charge is -2.40. The van der Waals surface area contributed by atoms with Gasteiger partial charge in [-0.05, 0) is 37.3 Å². The normalized spacial score (nSPS) is 31.6. The SMILES string of the molecule is C=CCN(C(=O)C1N([C@@H](CO)CC(C)C)C(=O)[C@@H]2[C@H](C(=O)O)[C@H]3OC12CC3Br)c1c(C)cccc1Cl. The highest BCUT2D eigenvalue weighted by atomic mass is 79.9. The molecule has 0 aliphatic carbocycles. The average molecular weight is 584 g/mol. The number of rotatable bonds is 9. The second kappa shape index (κ2) is 10.1. The van der Waals surface area contributed by atoms with Gasteiger partial charge in [0.1, 0.15) is 11.6 Å². The molecule has 1 aromatic rings. The molecule has 10 heteroatoms. The summed E-state index contributed by atoms with van der Waals surface area (Å²) in [6.07, 6.45) is 1.59. The number of amides is 2. The van der Waals surface area contributed by atoms with Crippen molar-refractivity contribution < 1.29 is 29.3 Å². The Kier molecular flexibility index (Phi) is 7.59. The van der Waals surface area contributed by atoms with Crippen molar-refractivity contribution in [2.45, 2.75) is 62.2 Å². The largest absolute Gasteiger partial charge is 0.481 e. The Morgan fingerprint density at radius 2 is 2.11 bits per heavy atom. The van der Waals surface area contributed by atoms with E-state index in [4.69, 9.17) is 16.3 Å². The predicted molar refractivity (Wildman–Crippen MR) is 139 cm³/mol. The quantitative estimate of drug-likeness (QED) is 0.341. The van der Waals surface area contributed by atoms with Gasteiger partial charge in [-0.3, -0.25) is 14.4 Å². The number of nitrogens with zero attached hydrogens (tertiary/aromatic N) is 2. The predicted octanol–water partition coefficient (Wildman–Crippen LogP) is 3.41. The lowest BCUT2D eigenvalue weighted by molar-refractivity contribution is -0.151. The first-order valence-corrected chi connectivity index (χ1v) is 13.4. The van der Waals surface area contributed by atoms with Crippen LogP contribution in [0.5, 0.6) is 0 Å². The first kappa shape index (κ1) is 27.1. The first-order valence-electron chi connectivity index (χ1n) is 12.1. The van der Waals surface area contributed by atoms with Crippen LogP contribution in [0.25, 0.3) is 0 Å². The number of para-hydroxylation sites is 1. The number of carbonyl (C=O) groups excluding carboxylic acids is 2. The smallest absolute Gasteiger partial charge is 0.310 e. The van der Waals surface area contributed by atoms with Crippen molar-refractivity contribution in [3.8, 4) is 0 Å². The summed E-state index contributed by atoms with van der Waals surface area (Å²) in [6.45, 7) is 9.34. The van der Waals surface area contributed by atoms with Crippen molar-refractivity contribution in [3.63, 3.8) is 0 Å². The molecule has 2 amide bonds. The summed E-state index contributed by atoms with van der Waals surface area (Å²) in [4.78, 5) is 43.4. The van der Waals surface area contributed by atoms with Gasteiger partial charge in [0.05, 0.1) is 41.3 Å². The van der Waals surface area contributed by atoms with Crippen molar-refractivity contribution in [2.24, 2.45) is 17.8 Å². The van der Waals surface area contributed by atoms with E-state index in [0.29, 0.717) is 23.6 Å². The van der Waals surface area contributed by atoms with E-state index in [-0.39, 0.29) is 23.9 Å². The van der Waals surface area contributed by atoms with Crippen LogP contribution in [0.3, 0.4) is 0 Å². The summed E-state index contributed by atoms with van der Waals surface area (Å²) in [5.74, 6) is -4.03. The zero-order valence-electron chi connectivity index (χ0n) is 20.6. The maximum atomic E-state index is 14.5. The molecular formula is C26H32BrClN2O6. The molecule has 4 rings (SSSR count). The van der Waals surface area contributed by atoms with E-state index in [1.807, 2.05) is 26.8 Å². The van der Waals surface area contributed by atoms with Crippen molar-refractivity contribution in [1.29, 1.82) is 0 Å². The number of carboxylic acid groups (broad SMARTS) is 1. The summed E-state index contributed by atoms with van der Waals surface area (Å²) in [7, 11) is 0. The minimum atomic E-state index is -1.34. The lowest BCUT2D eigenvalue weighted by atomic mass is 9.70. The van der Waals surface area contributed by atoms with E-state index in [9.17, 15) is 24.6 Å². The maximum Gasteiger partial charge on any atom is 0.310 e. The number of halogens is 2. The number of anilines is 1. The van der Waals surface area contributed by atoms with Gasteiger partial charge in [0.25, 0.3) is 5.91 Å². The van der Waals surface area contributed by atoms with Crippen LogP contribution in [-0.4, -0.2) is 74.7 Å². The Balaban J connectivity index is 1.89. The lowest BCUT2D eigenvalue weighted by Crippen LogP contribution is -2.59. The third-order valence-corrected chi connectivity index (χ3v) is 8.78. The number of ether oxygens (including phenoxy) is 1. The number of aliphatic carboxylic acids is 1. The van der Waals surface area contributed by atoms with Crippen molar-refractivity contribution in [1.82, 2.24) is 4.90 Å². The molecule has 7 atom stereocenters. The molecule has 0 saturated carbocycles. The second-order valence-corrected chi connectivity index (χ2v) is 11.9. The van der Waals surface area contributed by atoms with Gasteiger partial charge in [-0.2, -0.15) is 0 Å². The highest BCUT2D eigenvalue weighted by Gasteiger charge is 2.77. The van der Waals surface area contributed by atoms with Gasteiger partial charge < -0.3 is 24.7 Å². The summed E-state index contributed by atoms with van der Waals surface area (Å²) < 4.78 is 6.35. The molecule has 3 aliphatic heterocycles. The van der Waals surface area contributed by atoms with Crippen molar-refractivity contribution in [2.75, 3.05) is 18.1 Å². The first-order chi connectivity index (χ1) is 17.0. The highest BCUT2D eigenvalue weighted by Crippen LogP contribution is 2.60. The molecule has 3 saturated heterocycles. The zero-order valence-corrected chi connectivity index (χ0v) is 22.9. The molecular weight excluding hydrogens is 552 g/mol. The van der Waals surface area contributed by atoms with E-state index in [2.05, 4.69) is 22.5 Å². The molecule has 0 radical (unpaired) electrons. The van der Waals surface area contributed by atoms with E-state index in [1.165, 1.54) is 9.80 Å². The summed E-state index contributed by atoms with van der Waals surface area (Å²) >= 11 is 10.1. The number of fused-ring (bicyclic) bond motifs is 1. The van der Waals surface area contributed by atoms with Gasteiger partial charge in [-0.15, -0.1) is 6.58 Å². The van der Waals surface area contributed by atoms with Gasteiger partial charge in [0.15, 0.2) is 0 Å². The van der Waals surface area contributed by atoms with Crippen molar-refractivity contribution >= 4 is 51.0 Å². The fourth-order valence-corrected chi connectivity index (χ4v) is 7.64. The molecule has 1 spiro atoms. The van der Waals surface area contributed by atoms with Crippen LogP contribution in [0.15, 0.2) is 30.9 Å². The molecule has 0 aromatic heterocycles. The number of hydrogen-bond donors (Lipinski definition) is 2. The fourth-order valence-electron chi connectivity index (χ4n) is 6.38. The monoisotopic (exact) mass is 582 g/mol. The second-order valence-electron chi connectivity index (χ2n) is 10.4. The number of aryl methyl sites for hydroxylation is 1. The molecule has 196 valence electrons. The van der Waals surface area contributed by atoms with Crippen LogP contribution in [0.2, 0.25) is 5.02 Å². The number of aliphatic hydroxyl groups excluding tert-OH is 1. The average Bonchev–Trinajstić information content (AvgIpc) is 3.39. The van der Waals surface area contributed by atoms with Crippen LogP contribution in [-0.2, 0) is 19.1 Å². The van der Waals surface area contributed by atoms with Crippen LogP contribution < -0.4 is 4.90 Å². The third-order valence-electron chi connectivity index (χ3n) is 7.63. The number of alkyl halides is 1. The van der Waals surface area contributed by atoms with Crippen LogP contribution in [0, 0.1) is 24.7 Å². The molecule has 2 bridgehead atoms. The van der Waals surface area contributed by atoms with Gasteiger partial charge in [-0.1, -0.05) is 59.6 Å². The molecule has 1 aromatic carbocycles. The third kappa shape index (κ3) is 4.08. The highest BCUT2D eigenvalue weighted by molar-refractivity contribution is 9.09. The van der Waals surface area contributed by atoms with E-state index in [0.717, 1.165) is 5.56 Å². The number of carboxylic acids is 1. The Labute approximate surface area is 224 Å². The van der Waals surface area contributed by atoms with Gasteiger partial charge in [0, 0.05) is 11.4 Å². The van der Waals surface area contributed by atoms with Gasteiger partial charge >= 0.3 is 5.97 Å². The maximum absolute atomic E-state index is 14.5. The van der Waals surface area contributed by atoms with E-state index < -0.39 is 53.4 Å². The van der Waals surface area contributed by atoms with Crippen LogP contribution >= 0.6 is 27.5 Å². The van der Waals surface area contributed by atoms with Crippen LogP contribution in [0.4, 0.5) is 5.69 Å². The van der Waals surface area contributed by atoms with Gasteiger partial charge in [0.2, 0.25) is 5.91 Å². The number of likely N-dealkylation sites (tertiary alicyclic amines) is 1. The zero-order chi connectivity index (χ0) is 26.5. The van der Waals surface area contributed by atoms with Gasteiger partial charge in [-0.25, -0.2) is 0 Å². The Morgan fingerprint density at radius 3 is 2.67 bits per heavy atom. The fraction of sp³-hybridized carbons (Fsp3) is 0.577. The Bertz CT molecular complexity index is 1060. The molecule has 3 aliphatic rings. The summed E-state index contributed by atoms with van der Waals surface area (Å²) in [5.41, 5.74) is -0.0740. The van der Waals surface area contributed by atoms with Crippen molar-refractivity contribution in [3.05, 3.63) is 41.4 Å².